The lowest BCUT2D eigenvalue weighted by Crippen LogP contribution is -2.46. The zero-order valence-corrected chi connectivity index (χ0v) is 20.4. The summed E-state index contributed by atoms with van der Waals surface area (Å²) in [6, 6.07) is 13.7. The highest BCUT2D eigenvalue weighted by atomic mass is 35.5. The van der Waals surface area contributed by atoms with Crippen molar-refractivity contribution >= 4 is 39.1 Å². The monoisotopic (exact) mass is 479 g/mol. The quantitative estimate of drug-likeness (QED) is 0.566. The number of carbonyl (C=O) groups excluding carboxylic acids is 2. The lowest BCUT2D eigenvalue weighted by atomic mass is 10.1. The molecule has 9 heteroatoms. The fraction of sp³-hybridized carbons (Fsp3) is 0.391. The molecule has 2 amide bonds. The number of likely N-dealkylation sites (N-methyl/N-ethyl adjacent to an activating group) is 1. The van der Waals surface area contributed by atoms with E-state index in [1.54, 1.807) is 31.2 Å². The molecule has 0 radical (unpaired) electrons. The second kappa shape index (κ2) is 11.3. The van der Waals surface area contributed by atoms with Gasteiger partial charge in [-0.25, -0.2) is 8.42 Å². The number of sulfonamides is 1. The summed E-state index contributed by atoms with van der Waals surface area (Å²) in [6.07, 6.45) is 1.51. The van der Waals surface area contributed by atoms with Crippen LogP contribution in [0.5, 0.6) is 0 Å². The zero-order chi connectivity index (χ0) is 23.9. The van der Waals surface area contributed by atoms with Gasteiger partial charge in [-0.05, 0) is 44.0 Å². The normalized spacial score (nSPS) is 12.2. The summed E-state index contributed by atoms with van der Waals surface area (Å²) in [5, 5.41) is 3.01. The summed E-state index contributed by atoms with van der Waals surface area (Å²) >= 11 is 6.01. The summed E-state index contributed by atoms with van der Waals surface area (Å²) in [5.41, 5.74) is 2.43. The molecule has 0 saturated heterocycles. The van der Waals surface area contributed by atoms with Crippen molar-refractivity contribution in [2.24, 2.45) is 0 Å². The van der Waals surface area contributed by atoms with Crippen LogP contribution in [0.1, 0.15) is 30.9 Å². The molecule has 1 N–H and O–H groups in total. The minimum atomic E-state index is -3.55. The fourth-order valence-corrected chi connectivity index (χ4v) is 4.58. The van der Waals surface area contributed by atoms with Gasteiger partial charge in [0.15, 0.2) is 0 Å². The number of hydrogen-bond donors (Lipinski definition) is 1. The second-order valence-electron chi connectivity index (χ2n) is 7.72. The molecule has 0 fully saturated rings. The summed E-state index contributed by atoms with van der Waals surface area (Å²) in [5.74, 6) is -0.482. The molecule has 0 aliphatic rings. The number of anilines is 1. The van der Waals surface area contributed by atoms with Crippen molar-refractivity contribution in [3.05, 3.63) is 64.7 Å². The van der Waals surface area contributed by atoms with Gasteiger partial charge in [0, 0.05) is 31.6 Å². The van der Waals surface area contributed by atoms with Gasteiger partial charge in [0.1, 0.15) is 6.04 Å². The summed E-state index contributed by atoms with van der Waals surface area (Å²) in [4.78, 5) is 26.8. The van der Waals surface area contributed by atoms with E-state index in [2.05, 4.69) is 5.32 Å². The Morgan fingerprint density at radius 3 is 2.41 bits per heavy atom. The molecule has 0 spiro atoms. The lowest BCUT2D eigenvalue weighted by Gasteiger charge is -2.29. The number of benzene rings is 2. The number of rotatable bonds is 10. The van der Waals surface area contributed by atoms with Crippen LogP contribution in [0.3, 0.4) is 0 Å². The average molecular weight is 480 g/mol. The Kier molecular flexibility index (Phi) is 9.09. The lowest BCUT2D eigenvalue weighted by molar-refractivity contribution is -0.140. The molecular weight excluding hydrogens is 450 g/mol. The molecule has 0 aromatic heterocycles. The van der Waals surface area contributed by atoms with E-state index < -0.39 is 16.1 Å². The molecule has 0 aliphatic heterocycles. The van der Waals surface area contributed by atoms with Crippen LogP contribution in [0, 0.1) is 6.92 Å². The molecule has 1 atom stereocenters. The molecule has 0 heterocycles. The molecule has 2 aromatic rings. The molecule has 0 aliphatic carbocycles. The molecule has 32 heavy (non-hydrogen) atoms. The van der Waals surface area contributed by atoms with Gasteiger partial charge in [-0.15, -0.1) is 0 Å². The number of nitrogens with one attached hydrogen (secondary N) is 1. The van der Waals surface area contributed by atoms with Crippen LogP contribution >= 0.6 is 11.6 Å². The molecular formula is C23H30ClN3O4S. The van der Waals surface area contributed by atoms with Crippen LogP contribution in [-0.2, 0) is 26.2 Å². The number of aryl methyl sites for hydroxylation is 1. The van der Waals surface area contributed by atoms with Crippen LogP contribution in [0.15, 0.2) is 48.5 Å². The van der Waals surface area contributed by atoms with Crippen molar-refractivity contribution in [1.82, 2.24) is 10.2 Å². The fourth-order valence-electron chi connectivity index (χ4n) is 3.43. The van der Waals surface area contributed by atoms with Gasteiger partial charge in [-0.3, -0.25) is 13.9 Å². The first-order valence-corrected chi connectivity index (χ1v) is 12.6. The van der Waals surface area contributed by atoms with Crippen molar-refractivity contribution in [3.63, 3.8) is 0 Å². The van der Waals surface area contributed by atoms with E-state index in [-0.39, 0.29) is 24.8 Å². The molecule has 2 rings (SSSR count). The Labute approximate surface area is 195 Å². The van der Waals surface area contributed by atoms with Crippen molar-refractivity contribution in [3.8, 4) is 0 Å². The van der Waals surface area contributed by atoms with E-state index in [0.717, 1.165) is 17.4 Å². The van der Waals surface area contributed by atoms with Gasteiger partial charge in [-0.1, -0.05) is 47.5 Å². The van der Waals surface area contributed by atoms with Crippen LogP contribution in [-0.4, -0.2) is 51.0 Å². The zero-order valence-electron chi connectivity index (χ0n) is 18.8. The Morgan fingerprint density at radius 1 is 1.12 bits per heavy atom. The Hall–Kier alpha value is -2.58. The van der Waals surface area contributed by atoms with E-state index in [1.165, 1.54) is 16.3 Å². The largest absolute Gasteiger partial charge is 0.357 e. The summed E-state index contributed by atoms with van der Waals surface area (Å²) < 4.78 is 25.8. The van der Waals surface area contributed by atoms with E-state index in [9.17, 15) is 18.0 Å². The van der Waals surface area contributed by atoms with Gasteiger partial charge < -0.3 is 10.2 Å². The Bertz CT molecular complexity index is 1060. The molecule has 0 saturated carbocycles. The van der Waals surface area contributed by atoms with E-state index in [4.69, 9.17) is 11.6 Å². The van der Waals surface area contributed by atoms with Crippen LogP contribution in [0.2, 0.25) is 5.02 Å². The Morgan fingerprint density at radius 2 is 1.81 bits per heavy atom. The third kappa shape index (κ3) is 7.24. The van der Waals surface area contributed by atoms with Gasteiger partial charge in [-0.2, -0.15) is 0 Å². The number of nitrogens with zero attached hydrogens (tertiary/aromatic N) is 2. The predicted octanol–water partition coefficient (Wildman–Crippen LogP) is 3.36. The van der Waals surface area contributed by atoms with Crippen molar-refractivity contribution in [2.45, 2.75) is 39.3 Å². The van der Waals surface area contributed by atoms with Gasteiger partial charge in [0.2, 0.25) is 21.8 Å². The number of halogens is 1. The maximum absolute atomic E-state index is 13.1. The standard InChI is InChI=1S/C23H30ClN3O4S/c1-17-8-5-9-19(14-17)16-26(18(2)23(29)25-3)22(28)12-7-13-27(32(4,30)31)21-11-6-10-20(24)15-21/h5-6,8-11,14-15,18H,7,12-13,16H2,1-4H3,(H,25,29)/t18-/m0/s1. The number of hydrogen-bond acceptors (Lipinski definition) is 4. The average Bonchev–Trinajstić information content (AvgIpc) is 2.73. The number of amides is 2. The molecule has 0 unspecified atom stereocenters. The first kappa shape index (κ1) is 25.7. The minimum absolute atomic E-state index is 0.0970. The van der Waals surface area contributed by atoms with Crippen molar-refractivity contribution in [2.75, 3.05) is 24.2 Å². The van der Waals surface area contributed by atoms with Gasteiger partial charge in [0.25, 0.3) is 0 Å². The molecule has 174 valence electrons. The summed E-state index contributed by atoms with van der Waals surface area (Å²) in [7, 11) is -2.02. The van der Waals surface area contributed by atoms with Crippen molar-refractivity contribution in [1.29, 1.82) is 0 Å². The van der Waals surface area contributed by atoms with E-state index in [0.29, 0.717) is 23.7 Å². The van der Waals surface area contributed by atoms with Gasteiger partial charge >= 0.3 is 0 Å². The highest BCUT2D eigenvalue weighted by Gasteiger charge is 2.26. The maximum Gasteiger partial charge on any atom is 0.242 e. The Balaban J connectivity index is 2.14. The van der Waals surface area contributed by atoms with Crippen LogP contribution in [0.4, 0.5) is 5.69 Å². The first-order chi connectivity index (χ1) is 15.0. The highest BCUT2D eigenvalue weighted by molar-refractivity contribution is 7.92. The smallest absolute Gasteiger partial charge is 0.242 e. The second-order valence-corrected chi connectivity index (χ2v) is 10.1. The van der Waals surface area contributed by atoms with Crippen LogP contribution < -0.4 is 9.62 Å². The van der Waals surface area contributed by atoms with E-state index >= 15 is 0 Å². The summed E-state index contributed by atoms with van der Waals surface area (Å²) in [6.45, 7) is 4.06. The van der Waals surface area contributed by atoms with E-state index in [1.807, 2.05) is 31.2 Å². The third-order valence-electron chi connectivity index (χ3n) is 5.10. The highest BCUT2D eigenvalue weighted by Crippen LogP contribution is 2.22. The molecule has 0 bridgehead atoms. The molecule has 2 aromatic carbocycles. The maximum atomic E-state index is 13.1. The van der Waals surface area contributed by atoms with Gasteiger partial charge in [0.05, 0.1) is 11.9 Å². The predicted molar refractivity (Wildman–Crippen MR) is 128 cm³/mol. The minimum Gasteiger partial charge on any atom is -0.357 e. The number of carbonyl (C=O) groups is 2. The molecule has 7 nitrogen and oxygen atoms in total. The SMILES string of the molecule is CNC(=O)[C@H](C)N(Cc1cccc(C)c1)C(=O)CCCN(c1cccc(Cl)c1)S(C)(=O)=O. The third-order valence-corrected chi connectivity index (χ3v) is 6.53. The van der Waals surface area contributed by atoms with Crippen molar-refractivity contribution < 1.29 is 18.0 Å². The topological polar surface area (TPSA) is 86.8 Å². The van der Waals surface area contributed by atoms with Crippen LogP contribution in [0.25, 0.3) is 0 Å². The first-order valence-electron chi connectivity index (χ1n) is 10.3.